The lowest BCUT2D eigenvalue weighted by Gasteiger charge is -2.37. The zero-order valence-electron chi connectivity index (χ0n) is 13.9. The minimum atomic E-state index is 0.00489. The van der Waals surface area contributed by atoms with Gasteiger partial charge in [-0.1, -0.05) is 19.3 Å². The van der Waals surface area contributed by atoms with Crippen LogP contribution in [0.5, 0.6) is 0 Å². The molecule has 23 heavy (non-hydrogen) atoms. The number of furan rings is 1. The van der Waals surface area contributed by atoms with E-state index in [0.29, 0.717) is 24.7 Å². The van der Waals surface area contributed by atoms with Crippen LogP contribution in [-0.4, -0.2) is 47.8 Å². The Bertz CT molecular complexity index is 526. The number of likely N-dealkylation sites (tertiary alicyclic amines) is 1. The predicted octanol–water partition coefficient (Wildman–Crippen LogP) is 2.92. The van der Waals surface area contributed by atoms with Crippen molar-refractivity contribution in [3.05, 3.63) is 24.2 Å². The Labute approximate surface area is 137 Å². The lowest BCUT2D eigenvalue weighted by molar-refractivity contribution is -0.138. The second-order valence-corrected chi connectivity index (χ2v) is 6.82. The molecular weight excluding hydrogens is 292 g/mol. The Morgan fingerprint density at radius 3 is 2.43 bits per heavy atom. The summed E-state index contributed by atoms with van der Waals surface area (Å²) in [4.78, 5) is 28.8. The summed E-state index contributed by atoms with van der Waals surface area (Å²) in [5.41, 5.74) is 0.592. The first-order valence-corrected chi connectivity index (χ1v) is 8.75. The van der Waals surface area contributed by atoms with Crippen LogP contribution < -0.4 is 0 Å². The van der Waals surface area contributed by atoms with Gasteiger partial charge in [0.05, 0.1) is 11.8 Å². The first kappa shape index (κ1) is 16.1. The summed E-state index contributed by atoms with van der Waals surface area (Å²) in [5, 5.41) is 0. The van der Waals surface area contributed by atoms with Crippen LogP contribution in [0.2, 0.25) is 0 Å². The highest BCUT2D eigenvalue weighted by molar-refractivity contribution is 5.94. The van der Waals surface area contributed by atoms with E-state index in [-0.39, 0.29) is 17.7 Å². The standard InChI is InChI=1S/C18H26N2O3/c1-19(16-5-3-2-4-6-16)17(21)14-7-10-20(11-8-14)18(22)15-9-12-23-13-15/h9,12-14,16H,2-8,10-11H2,1H3. The van der Waals surface area contributed by atoms with E-state index in [1.165, 1.54) is 31.8 Å². The highest BCUT2D eigenvalue weighted by atomic mass is 16.3. The first-order valence-electron chi connectivity index (χ1n) is 8.75. The number of piperidine rings is 1. The van der Waals surface area contributed by atoms with Crippen molar-refractivity contribution >= 4 is 11.8 Å². The maximum atomic E-state index is 12.7. The van der Waals surface area contributed by atoms with Crippen molar-refractivity contribution in [2.75, 3.05) is 20.1 Å². The van der Waals surface area contributed by atoms with Gasteiger partial charge in [-0.15, -0.1) is 0 Å². The van der Waals surface area contributed by atoms with Crippen LogP contribution in [0, 0.1) is 5.92 Å². The molecule has 2 fully saturated rings. The van der Waals surface area contributed by atoms with Crippen LogP contribution in [0.4, 0.5) is 0 Å². The Kier molecular flexibility index (Phi) is 5.03. The lowest BCUT2D eigenvalue weighted by atomic mass is 9.91. The largest absolute Gasteiger partial charge is 0.472 e. The molecular formula is C18H26N2O3. The van der Waals surface area contributed by atoms with E-state index in [1.54, 1.807) is 6.07 Å². The van der Waals surface area contributed by atoms with E-state index in [4.69, 9.17) is 4.42 Å². The molecule has 0 N–H and O–H groups in total. The van der Waals surface area contributed by atoms with Gasteiger partial charge in [-0.05, 0) is 31.7 Å². The molecule has 0 bridgehead atoms. The minimum absolute atomic E-state index is 0.00489. The van der Waals surface area contributed by atoms with E-state index in [0.717, 1.165) is 25.7 Å². The summed E-state index contributed by atoms with van der Waals surface area (Å²) in [5.74, 6) is 0.341. The fraction of sp³-hybridized carbons (Fsp3) is 0.667. The average molecular weight is 318 g/mol. The average Bonchev–Trinajstić information content (AvgIpc) is 3.15. The van der Waals surface area contributed by atoms with Crippen molar-refractivity contribution in [2.24, 2.45) is 5.92 Å². The molecule has 126 valence electrons. The van der Waals surface area contributed by atoms with Gasteiger partial charge in [-0.3, -0.25) is 9.59 Å². The SMILES string of the molecule is CN(C(=O)C1CCN(C(=O)c2ccoc2)CC1)C1CCCCC1. The molecule has 3 rings (SSSR count). The maximum absolute atomic E-state index is 12.7. The van der Waals surface area contributed by atoms with Crippen molar-refractivity contribution in [3.63, 3.8) is 0 Å². The molecule has 1 aromatic rings. The molecule has 0 radical (unpaired) electrons. The molecule has 1 aliphatic heterocycles. The molecule has 0 aromatic carbocycles. The van der Waals surface area contributed by atoms with Crippen LogP contribution >= 0.6 is 0 Å². The number of carbonyl (C=O) groups excluding carboxylic acids is 2. The molecule has 1 saturated carbocycles. The first-order chi connectivity index (χ1) is 11.2. The third-order valence-electron chi connectivity index (χ3n) is 5.37. The maximum Gasteiger partial charge on any atom is 0.257 e. The van der Waals surface area contributed by atoms with Crippen LogP contribution in [0.15, 0.2) is 23.0 Å². The monoisotopic (exact) mass is 318 g/mol. The smallest absolute Gasteiger partial charge is 0.257 e. The molecule has 0 atom stereocenters. The highest BCUT2D eigenvalue weighted by Crippen LogP contribution is 2.26. The molecule has 2 amide bonds. The molecule has 2 aliphatic rings. The zero-order valence-corrected chi connectivity index (χ0v) is 13.9. The zero-order chi connectivity index (χ0) is 16.2. The van der Waals surface area contributed by atoms with Gasteiger partial charge in [-0.2, -0.15) is 0 Å². The van der Waals surface area contributed by atoms with Crippen LogP contribution in [-0.2, 0) is 4.79 Å². The number of hydrogen-bond acceptors (Lipinski definition) is 3. The number of nitrogens with zero attached hydrogens (tertiary/aromatic N) is 2. The van der Waals surface area contributed by atoms with Gasteiger partial charge in [-0.25, -0.2) is 0 Å². The van der Waals surface area contributed by atoms with Crippen molar-refractivity contribution in [1.82, 2.24) is 9.80 Å². The summed E-state index contributed by atoms with van der Waals surface area (Å²) in [7, 11) is 1.96. The summed E-state index contributed by atoms with van der Waals surface area (Å²) < 4.78 is 4.98. The summed E-state index contributed by atoms with van der Waals surface area (Å²) in [6, 6.07) is 2.11. The van der Waals surface area contributed by atoms with E-state index in [1.807, 2.05) is 16.8 Å². The molecule has 1 aliphatic carbocycles. The number of hydrogen-bond donors (Lipinski definition) is 0. The molecule has 2 heterocycles. The quantitative estimate of drug-likeness (QED) is 0.861. The van der Waals surface area contributed by atoms with E-state index < -0.39 is 0 Å². The highest BCUT2D eigenvalue weighted by Gasteiger charge is 2.32. The Hall–Kier alpha value is -1.78. The van der Waals surface area contributed by atoms with Gasteiger partial charge in [0, 0.05) is 32.1 Å². The van der Waals surface area contributed by atoms with E-state index in [9.17, 15) is 9.59 Å². The molecule has 0 spiro atoms. The van der Waals surface area contributed by atoms with Crippen molar-refractivity contribution in [2.45, 2.75) is 51.0 Å². The number of carbonyl (C=O) groups is 2. The van der Waals surface area contributed by atoms with E-state index in [2.05, 4.69) is 0 Å². The van der Waals surface area contributed by atoms with Gasteiger partial charge < -0.3 is 14.2 Å². The van der Waals surface area contributed by atoms with E-state index >= 15 is 0 Å². The van der Waals surface area contributed by atoms with Crippen LogP contribution in [0.1, 0.15) is 55.3 Å². The molecule has 1 aromatic heterocycles. The Morgan fingerprint density at radius 2 is 1.83 bits per heavy atom. The molecule has 5 heteroatoms. The lowest BCUT2D eigenvalue weighted by Crippen LogP contribution is -2.46. The minimum Gasteiger partial charge on any atom is -0.472 e. The number of amides is 2. The molecule has 1 saturated heterocycles. The van der Waals surface area contributed by atoms with Crippen molar-refractivity contribution in [1.29, 1.82) is 0 Å². The van der Waals surface area contributed by atoms with Crippen molar-refractivity contribution in [3.8, 4) is 0 Å². The molecule has 0 unspecified atom stereocenters. The summed E-state index contributed by atoms with van der Waals surface area (Å²) in [6.07, 6.45) is 10.6. The second kappa shape index (κ2) is 7.20. The van der Waals surface area contributed by atoms with Gasteiger partial charge in [0.1, 0.15) is 6.26 Å². The fourth-order valence-corrected chi connectivity index (χ4v) is 3.83. The Morgan fingerprint density at radius 1 is 1.13 bits per heavy atom. The summed E-state index contributed by atoms with van der Waals surface area (Å²) >= 11 is 0. The van der Waals surface area contributed by atoms with Gasteiger partial charge in [0.15, 0.2) is 0 Å². The Balaban J connectivity index is 1.52. The second-order valence-electron chi connectivity index (χ2n) is 6.82. The van der Waals surface area contributed by atoms with Gasteiger partial charge >= 0.3 is 0 Å². The van der Waals surface area contributed by atoms with Crippen molar-refractivity contribution < 1.29 is 14.0 Å². The fourth-order valence-electron chi connectivity index (χ4n) is 3.83. The third kappa shape index (κ3) is 3.59. The molecule has 5 nitrogen and oxygen atoms in total. The normalized spacial score (nSPS) is 20.5. The van der Waals surface area contributed by atoms with Crippen LogP contribution in [0.3, 0.4) is 0 Å². The predicted molar refractivity (Wildman–Crippen MR) is 87.0 cm³/mol. The third-order valence-corrected chi connectivity index (χ3v) is 5.37. The summed E-state index contributed by atoms with van der Waals surface area (Å²) in [6.45, 7) is 1.30. The number of rotatable bonds is 3. The van der Waals surface area contributed by atoms with Gasteiger partial charge in [0.2, 0.25) is 5.91 Å². The topological polar surface area (TPSA) is 53.8 Å². The van der Waals surface area contributed by atoms with Gasteiger partial charge in [0.25, 0.3) is 5.91 Å². The van der Waals surface area contributed by atoms with Crippen LogP contribution in [0.25, 0.3) is 0 Å².